The van der Waals surface area contributed by atoms with Crippen molar-refractivity contribution in [3.63, 3.8) is 0 Å². The highest BCUT2D eigenvalue weighted by atomic mass is 35.5. The molecule has 0 radical (unpaired) electrons. The molecule has 6 nitrogen and oxygen atoms in total. The van der Waals surface area contributed by atoms with Gasteiger partial charge in [-0.2, -0.15) is 10.1 Å². The average Bonchev–Trinajstić information content (AvgIpc) is 2.68. The first-order chi connectivity index (χ1) is 13.0. The second-order valence-electron chi connectivity index (χ2n) is 6.06. The molecule has 1 atom stereocenters. The number of carbonyl (C=O) groups is 1. The van der Waals surface area contributed by atoms with Gasteiger partial charge in [0.2, 0.25) is 5.91 Å². The Labute approximate surface area is 161 Å². The Balaban J connectivity index is 1.88. The Morgan fingerprint density at radius 2 is 1.93 bits per heavy atom. The fourth-order valence-corrected chi connectivity index (χ4v) is 2.91. The molecular formula is C20H19ClN4O2. The zero-order valence-corrected chi connectivity index (χ0v) is 15.8. The topological polar surface area (TPSA) is 76.9 Å². The zero-order chi connectivity index (χ0) is 19.4. The Morgan fingerprint density at radius 1 is 1.19 bits per heavy atom. The van der Waals surface area contributed by atoms with Gasteiger partial charge in [-0.15, -0.1) is 0 Å². The van der Waals surface area contributed by atoms with Gasteiger partial charge in [0.15, 0.2) is 0 Å². The predicted octanol–water partition coefficient (Wildman–Crippen LogP) is 3.86. The molecule has 1 N–H and O–H groups in total. The first-order valence-electron chi connectivity index (χ1n) is 8.58. The maximum atomic E-state index is 12.7. The first kappa shape index (κ1) is 18.8. The van der Waals surface area contributed by atoms with Gasteiger partial charge in [-0.25, -0.2) is 9.48 Å². The van der Waals surface area contributed by atoms with E-state index in [0.29, 0.717) is 22.8 Å². The molecule has 27 heavy (non-hydrogen) atoms. The minimum Gasteiger partial charge on any atom is -0.324 e. The molecule has 0 unspecified atom stereocenters. The fraction of sp³-hybridized carbons (Fsp3) is 0.200. The van der Waals surface area contributed by atoms with Gasteiger partial charge in [-0.1, -0.05) is 54.9 Å². The highest BCUT2D eigenvalue weighted by Gasteiger charge is 2.22. The molecule has 1 heterocycles. The standard InChI is InChI=1S/C20H19ClN4O2/c1-3-18(19(26)23-16-11-7-10-15(21)13(16)2)25-20(27)24-17(12-22-25)14-8-5-4-6-9-14/h4-12,18H,3H2,1-2H3,(H,23,26)/t18-/m0/s1. The molecular weight excluding hydrogens is 364 g/mol. The Kier molecular flexibility index (Phi) is 5.66. The number of anilines is 1. The second kappa shape index (κ2) is 8.14. The summed E-state index contributed by atoms with van der Waals surface area (Å²) < 4.78 is 1.11. The smallest absolute Gasteiger partial charge is 0.324 e. The van der Waals surface area contributed by atoms with Gasteiger partial charge < -0.3 is 5.32 Å². The van der Waals surface area contributed by atoms with E-state index in [1.807, 2.05) is 44.2 Å². The van der Waals surface area contributed by atoms with E-state index in [2.05, 4.69) is 15.4 Å². The lowest BCUT2D eigenvalue weighted by Crippen LogP contribution is -2.36. The summed E-state index contributed by atoms with van der Waals surface area (Å²) in [6, 6.07) is 13.8. The highest BCUT2D eigenvalue weighted by molar-refractivity contribution is 6.31. The minimum absolute atomic E-state index is 0.341. The number of amides is 1. The summed E-state index contributed by atoms with van der Waals surface area (Å²) in [5.41, 5.74) is 2.06. The molecule has 0 saturated carbocycles. The van der Waals surface area contributed by atoms with Crippen LogP contribution < -0.4 is 11.0 Å². The molecule has 138 valence electrons. The van der Waals surface area contributed by atoms with Gasteiger partial charge in [-0.3, -0.25) is 4.79 Å². The van der Waals surface area contributed by atoms with Crippen molar-refractivity contribution in [2.24, 2.45) is 0 Å². The van der Waals surface area contributed by atoms with Crippen LogP contribution in [0.2, 0.25) is 5.02 Å². The van der Waals surface area contributed by atoms with Gasteiger partial charge in [0, 0.05) is 16.3 Å². The van der Waals surface area contributed by atoms with Crippen LogP contribution in [0.1, 0.15) is 24.9 Å². The van der Waals surface area contributed by atoms with Crippen LogP contribution in [0.15, 0.2) is 59.5 Å². The van der Waals surface area contributed by atoms with Crippen molar-refractivity contribution in [1.82, 2.24) is 14.8 Å². The quantitative estimate of drug-likeness (QED) is 0.726. The van der Waals surface area contributed by atoms with Crippen LogP contribution in [0.25, 0.3) is 11.3 Å². The van der Waals surface area contributed by atoms with Crippen LogP contribution in [0.5, 0.6) is 0 Å². The lowest BCUT2D eigenvalue weighted by molar-refractivity contribution is -0.119. The molecule has 3 aromatic rings. The molecule has 0 saturated heterocycles. The first-order valence-corrected chi connectivity index (χ1v) is 8.96. The maximum Gasteiger partial charge on any atom is 0.365 e. The Bertz CT molecular complexity index is 1020. The highest BCUT2D eigenvalue weighted by Crippen LogP contribution is 2.24. The molecule has 1 amide bonds. The number of halogens is 1. The van der Waals surface area contributed by atoms with Gasteiger partial charge >= 0.3 is 5.69 Å². The van der Waals surface area contributed by atoms with E-state index in [4.69, 9.17) is 11.6 Å². The van der Waals surface area contributed by atoms with Crippen molar-refractivity contribution in [3.8, 4) is 11.3 Å². The summed E-state index contributed by atoms with van der Waals surface area (Å²) >= 11 is 6.10. The van der Waals surface area contributed by atoms with E-state index in [9.17, 15) is 9.59 Å². The van der Waals surface area contributed by atoms with Crippen molar-refractivity contribution in [2.45, 2.75) is 26.3 Å². The molecule has 7 heteroatoms. The maximum absolute atomic E-state index is 12.7. The molecule has 0 aliphatic heterocycles. The van der Waals surface area contributed by atoms with Crippen molar-refractivity contribution in [2.75, 3.05) is 5.32 Å². The number of aromatic nitrogens is 3. The lowest BCUT2D eigenvalue weighted by atomic mass is 10.1. The van der Waals surface area contributed by atoms with Gasteiger partial charge in [0.05, 0.1) is 11.9 Å². The second-order valence-corrected chi connectivity index (χ2v) is 6.47. The van der Waals surface area contributed by atoms with E-state index in [0.717, 1.165) is 15.8 Å². The largest absolute Gasteiger partial charge is 0.365 e. The molecule has 3 rings (SSSR count). The molecule has 0 aliphatic carbocycles. The van der Waals surface area contributed by atoms with Gasteiger partial charge in [-0.05, 0) is 31.0 Å². The van der Waals surface area contributed by atoms with Crippen LogP contribution in [0.3, 0.4) is 0 Å². The van der Waals surface area contributed by atoms with Crippen LogP contribution in [0, 0.1) is 6.92 Å². The molecule has 0 fully saturated rings. The summed E-state index contributed by atoms with van der Waals surface area (Å²) in [4.78, 5) is 29.3. The SMILES string of the molecule is CC[C@@H](C(=O)Nc1cccc(Cl)c1C)n1ncc(-c2ccccc2)nc1=O. The van der Waals surface area contributed by atoms with Crippen molar-refractivity contribution < 1.29 is 4.79 Å². The number of hydrogen-bond acceptors (Lipinski definition) is 4. The van der Waals surface area contributed by atoms with E-state index in [-0.39, 0.29) is 5.91 Å². The molecule has 2 aromatic carbocycles. The molecule has 0 spiro atoms. The molecule has 1 aromatic heterocycles. The fourth-order valence-electron chi connectivity index (χ4n) is 2.74. The van der Waals surface area contributed by atoms with Crippen LogP contribution in [0.4, 0.5) is 5.69 Å². The number of hydrogen-bond donors (Lipinski definition) is 1. The zero-order valence-electron chi connectivity index (χ0n) is 15.0. The molecule has 0 bridgehead atoms. The predicted molar refractivity (Wildman–Crippen MR) is 106 cm³/mol. The number of carbonyl (C=O) groups excluding carboxylic acids is 1. The van der Waals surface area contributed by atoms with E-state index in [1.165, 1.54) is 6.20 Å². The lowest BCUT2D eigenvalue weighted by Gasteiger charge is -2.17. The van der Waals surface area contributed by atoms with E-state index in [1.54, 1.807) is 18.2 Å². The number of nitrogens with one attached hydrogen (secondary N) is 1. The van der Waals surface area contributed by atoms with E-state index >= 15 is 0 Å². The van der Waals surface area contributed by atoms with Crippen LogP contribution in [-0.4, -0.2) is 20.7 Å². The summed E-state index contributed by atoms with van der Waals surface area (Å²) in [7, 11) is 0. The summed E-state index contributed by atoms with van der Waals surface area (Å²) in [6.07, 6.45) is 1.89. The Hall–Kier alpha value is -2.99. The molecule has 0 aliphatic rings. The van der Waals surface area contributed by atoms with Gasteiger partial charge in [0.25, 0.3) is 0 Å². The van der Waals surface area contributed by atoms with E-state index < -0.39 is 11.7 Å². The van der Waals surface area contributed by atoms with Crippen LogP contribution >= 0.6 is 11.6 Å². The summed E-state index contributed by atoms with van der Waals surface area (Å²) in [6.45, 7) is 3.63. The number of benzene rings is 2. The van der Waals surface area contributed by atoms with Crippen molar-refractivity contribution in [3.05, 3.63) is 75.8 Å². The summed E-state index contributed by atoms with van der Waals surface area (Å²) in [5.74, 6) is -0.341. The monoisotopic (exact) mass is 382 g/mol. The normalized spacial score (nSPS) is 11.8. The number of nitrogens with zero attached hydrogens (tertiary/aromatic N) is 3. The number of rotatable bonds is 5. The summed E-state index contributed by atoms with van der Waals surface area (Å²) in [5, 5.41) is 7.57. The minimum atomic E-state index is -0.770. The Morgan fingerprint density at radius 3 is 2.59 bits per heavy atom. The van der Waals surface area contributed by atoms with Crippen molar-refractivity contribution >= 4 is 23.2 Å². The third kappa shape index (κ3) is 4.06. The average molecular weight is 383 g/mol. The van der Waals surface area contributed by atoms with Crippen LogP contribution in [-0.2, 0) is 4.79 Å². The third-order valence-corrected chi connectivity index (χ3v) is 4.71. The van der Waals surface area contributed by atoms with Crippen molar-refractivity contribution in [1.29, 1.82) is 0 Å². The third-order valence-electron chi connectivity index (χ3n) is 4.30. The van der Waals surface area contributed by atoms with Gasteiger partial charge in [0.1, 0.15) is 6.04 Å².